The number of rotatable bonds is 5. The van der Waals surface area contributed by atoms with Crippen LogP contribution in [0, 0.1) is 0 Å². The maximum atomic E-state index is 12.2. The predicted octanol–water partition coefficient (Wildman–Crippen LogP) is 2.51. The van der Waals surface area contributed by atoms with Gasteiger partial charge < -0.3 is 15.2 Å². The average Bonchev–Trinajstić information content (AvgIpc) is 2.48. The van der Waals surface area contributed by atoms with E-state index in [4.69, 9.17) is 4.74 Å². The van der Waals surface area contributed by atoms with Crippen molar-refractivity contribution in [3.63, 3.8) is 0 Å². The molecule has 0 saturated heterocycles. The lowest BCUT2D eigenvalue weighted by Crippen LogP contribution is -2.45. The topological polar surface area (TPSA) is 58.6 Å². The van der Waals surface area contributed by atoms with Gasteiger partial charge in [-0.25, -0.2) is 0 Å². The minimum atomic E-state index is -0.424. The van der Waals surface area contributed by atoms with Crippen molar-refractivity contribution < 1.29 is 14.6 Å². The van der Waals surface area contributed by atoms with Crippen molar-refractivity contribution in [2.24, 2.45) is 0 Å². The van der Waals surface area contributed by atoms with Crippen molar-refractivity contribution in [2.75, 3.05) is 6.61 Å². The van der Waals surface area contributed by atoms with Gasteiger partial charge in [-0.05, 0) is 37.5 Å². The Morgan fingerprint density at radius 3 is 2.95 bits per heavy atom. The zero-order valence-corrected chi connectivity index (χ0v) is 12.0. The van der Waals surface area contributed by atoms with Crippen LogP contribution in [0.3, 0.4) is 0 Å². The Balaban J connectivity index is 1.97. The van der Waals surface area contributed by atoms with Crippen molar-refractivity contribution in [1.82, 2.24) is 5.32 Å². The van der Waals surface area contributed by atoms with Crippen molar-refractivity contribution >= 4 is 5.91 Å². The van der Waals surface area contributed by atoms with Gasteiger partial charge in [-0.1, -0.05) is 25.8 Å². The summed E-state index contributed by atoms with van der Waals surface area (Å²) >= 11 is 0. The fraction of sp³-hybridized carbons (Fsp3) is 0.562. The number of carbonyl (C=O) groups is 1. The lowest BCUT2D eigenvalue weighted by molar-refractivity contribution is 0.0717. The van der Waals surface area contributed by atoms with Gasteiger partial charge >= 0.3 is 0 Å². The molecule has 1 aliphatic carbocycles. The normalized spacial score (nSPS) is 22.3. The molecule has 20 heavy (non-hydrogen) atoms. The van der Waals surface area contributed by atoms with E-state index in [-0.39, 0.29) is 11.9 Å². The molecular weight excluding hydrogens is 254 g/mol. The van der Waals surface area contributed by atoms with Crippen LogP contribution >= 0.6 is 0 Å². The van der Waals surface area contributed by atoms with Crippen molar-refractivity contribution in [1.29, 1.82) is 0 Å². The van der Waals surface area contributed by atoms with E-state index in [9.17, 15) is 9.90 Å². The number of hydrogen-bond acceptors (Lipinski definition) is 3. The summed E-state index contributed by atoms with van der Waals surface area (Å²) in [7, 11) is 0. The number of ether oxygens (including phenoxy) is 1. The Kier molecular flexibility index (Phi) is 5.41. The van der Waals surface area contributed by atoms with Gasteiger partial charge in [-0.2, -0.15) is 0 Å². The van der Waals surface area contributed by atoms with E-state index in [0.717, 1.165) is 32.1 Å². The average molecular weight is 277 g/mol. The van der Waals surface area contributed by atoms with E-state index in [1.54, 1.807) is 12.1 Å². The second-order valence-corrected chi connectivity index (χ2v) is 5.31. The highest BCUT2D eigenvalue weighted by Gasteiger charge is 2.24. The molecule has 4 nitrogen and oxygen atoms in total. The third-order valence-corrected chi connectivity index (χ3v) is 3.62. The molecule has 0 unspecified atom stereocenters. The van der Waals surface area contributed by atoms with E-state index in [1.165, 1.54) is 0 Å². The molecule has 0 aromatic heterocycles. The molecule has 1 aromatic carbocycles. The molecule has 1 amide bonds. The maximum absolute atomic E-state index is 12.2. The Bertz CT molecular complexity index is 447. The Morgan fingerprint density at radius 1 is 1.40 bits per heavy atom. The van der Waals surface area contributed by atoms with E-state index in [0.29, 0.717) is 17.9 Å². The van der Waals surface area contributed by atoms with E-state index >= 15 is 0 Å². The number of amides is 1. The molecule has 1 aliphatic rings. The second-order valence-electron chi connectivity index (χ2n) is 5.31. The molecule has 2 N–H and O–H groups in total. The fourth-order valence-corrected chi connectivity index (χ4v) is 2.48. The summed E-state index contributed by atoms with van der Waals surface area (Å²) in [6, 6.07) is 7.05. The largest absolute Gasteiger partial charge is 0.494 e. The lowest BCUT2D eigenvalue weighted by atomic mass is 9.92. The lowest BCUT2D eigenvalue weighted by Gasteiger charge is -2.28. The van der Waals surface area contributed by atoms with Crippen LogP contribution in [0.4, 0.5) is 0 Å². The molecule has 2 atom stereocenters. The first-order valence-corrected chi connectivity index (χ1v) is 7.42. The first-order valence-electron chi connectivity index (χ1n) is 7.42. The first kappa shape index (κ1) is 14.9. The van der Waals surface area contributed by atoms with Crippen LogP contribution in [0.2, 0.25) is 0 Å². The number of carbonyl (C=O) groups excluding carboxylic acids is 1. The highest BCUT2D eigenvalue weighted by atomic mass is 16.5. The summed E-state index contributed by atoms with van der Waals surface area (Å²) in [5.41, 5.74) is 0.580. The monoisotopic (exact) mass is 277 g/mol. The summed E-state index contributed by atoms with van der Waals surface area (Å²) in [6.07, 6.45) is 4.22. The zero-order chi connectivity index (χ0) is 14.4. The molecule has 1 saturated carbocycles. The van der Waals surface area contributed by atoms with Crippen LogP contribution in [0.1, 0.15) is 49.4 Å². The van der Waals surface area contributed by atoms with Gasteiger partial charge in [0.15, 0.2) is 0 Å². The molecule has 2 rings (SSSR count). The van der Waals surface area contributed by atoms with Crippen molar-refractivity contribution in [3.05, 3.63) is 29.8 Å². The second kappa shape index (κ2) is 7.29. The van der Waals surface area contributed by atoms with E-state index in [1.807, 2.05) is 19.1 Å². The van der Waals surface area contributed by atoms with Crippen LogP contribution in [0.5, 0.6) is 5.75 Å². The van der Waals surface area contributed by atoms with Gasteiger partial charge in [0.2, 0.25) is 0 Å². The molecule has 1 fully saturated rings. The molecule has 0 aliphatic heterocycles. The number of aliphatic hydroxyl groups excluding tert-OH is 1. The number of hydrogen-bond donors (Lipinski definition) is 2. The number of aliphatic hydroxyl groups is 1. The van der Waals surface area contributed by atoms with Gasteiger partial charge in [0.25, 0.3) is 5.91 Å². The number of nitrogens with one attached hydrogen (secondary N) is 1. The zero-order valence-electron chi connectivity index (χ0n) is 12.0. The molecule has 0 bridgehead atoms. The van der Waals surface area contributed by atoms with Crippen LogP contribution in [0.25, 0.3) is 0 Å². The quantitative estimate of drug-likeness (QED) is 0.869. The third kappa shape index (κ3) is 3.97. The Hall–Kier alpha value is -1.55. The Morgan fingerprint density at radius 2 is 2.20 bits per heavy atom. The molecular formula is C16H23NO3. The van der Waals surface area contributed by atoms with Crippen molar-refractivity contribution in [3.8, 4) is 5.75 Å². The summed E-state index contributed by atoms with van der Waals surface area (Å²) in [4.78, 5) is 12.2. The molecule has 0 heterocycles. The fourth-order valence-electron chi connectivity index (χ4n) is 2.48. The Labute approximate surface area is 120 Å². The minimum absolute atomic E-state index is 0.128. The van der Waals surface area contributed by atoms with Gasteiger partial charge in [-0.15, -0.1) is 0 Å². The maximum Gasteiger partial charge on any atom is 0.251 e. The molecule has 1 aromatic rings. The van der Waals surface area contributed by atoms with Gasteiger partial charge in [0.05, 0.1) is 18.8 Å². The van der Waals surface area contributed by atoms with Crippen LogP contribution in [0.15, 0.2) is 24.3 Å². The third-order valence-electron chi connectivity index (χ3n) is 3.62. The van der Waals surface area contributed by atoms with Crippen LogP contribution < -0.4 is 10.1 Å². The van der Waals surface area contributed by atoms with Gasteiger partial charge in [0, 0.05) is 5.56 Å². The predicted molar refractivity (Wildman–Crippen MR) is 78.0 cm³/mol. The smallest absolute Gasteiger partial charge is 0.251 e. The molecule has 4 heteroatoms. The highest BCUT2D eigenvalue weighted by Crippen LogP contribution is 2.19. The molecule has 110 valence electrons. The SMILES string of the molecule is CCCOc1cccc(C(=O)N[C@@H]2CCCC[C@H]2O)c1. The van der Waals surface area contributed by atoms with E-state index in [2.05, 4.69) is 5.32 Å². The summed E-state index contributed by atoms with van der Waals surface area (Å²) in [5.74, 6) is 0.571. The van der Waals surface area contributed by atoms with Gasteiger partial charge in [0.1, 0.15) is 5.75 Å². The van der Waals surface area contributed by atoms with Crippen LogP contribution in [-0.2, 0) is 0 Å². The first-order chi connectivity index (χ1) is 9.70. The number of benzene rings is 1. The van der Waals surface area contributed by atoms with Crippen LogP contribution in [-0.4, -0.2) is 29.8 Å². The van der Waals surface area contributed by atoms with Crippen molar-refractivity contribution in [2.45, 2.75) is 51.2 Å². The standard InChI is InChI=1S/C16H23NO3/c1-2-10-20-13-7-5-6-12(11-13)16(19)17-14-8-3-4-9-15(14)18/h5-7,11,14-15,18H,2-4,8-10H2,1H3,(H,17,19)/t14-,15-/m1/s1. The highest BCUT2D eigenvalue weighted by molar-refractivity contribution is 5.94. The van der Waals surface area contributed by atoms with E-state index < -0.39 is 6.10 Å². The molecule has 0 radical (unpaired) electrons. The summed E-state index contributed by atoms with van der Waals surface area (Å²) in [6.45, 7) is 2.69. The van der Waals surface area contributed by atoms with Gasteiger partial charge in [-0.3, -0.25) is 4.79 Å². The molecule has 0 spiro atoms. The minimum Gasteiger partial charge on any atom is -0.494 e. The summed E-state index contributed by atoms with van der Waals surface area (Å²) in [5, 5.41) is 12.8. The summed E-state index contributed by atoms with van der Waals surface area (Å²) < 4.78 is 5.53.